The summed E-state index contributed by atoms with van der Waals surface area (Å²) < 4.78 is 40.9. The van der Waals surface area contributed by atoms with Gasteiger partial charge < -0.3 is 5.32 Å². The highest BCUT2D eigenvalue weighted by atomic mass is 79.9. The Kier molecular flexibility index (Phi) is 5.22. The van der Waals surface area contributed by atoms with Crippen LogP contribution in [0.5, 0.6) is 0 Å². The maximum absolute atomic E-state index is 13.7. The van der Waals surface area contributed by atoms with Crippen molar-refractivity contribution in [2.75, 3.05) is 6.54 Å². The van der Waals surface area contributed by atoms with Crippen molar-refractivity contribution in [2.45, 2.75) is 38.9 Å². The number of rotatable bonds is 4. The van der Waals surface area contributed by atoms with E-state index in [4.69, 9.17) is 0 Å². The molecule has 0 aliphatic heterocycles. The van der Waals surface area contributed by atoms with Gasteiger partial charge in [-0.2, -0.15) is 0 Å². The van der Waals surface area contributed by atoms with Gasteiger partial charge in [-0.1, -0.05) is 0 Å². The minimum absolute atomic E-state index is 0.0644. The molecule has 1 unspecified atom stereocenters. The Labute approximate surface area is 114 Å². The normalized spacial score (nSPS) is 13.7. The smallest absolute Gasteiger partial charge is 0.143 e. The van der Waals surface area contributed by atoms with E-state index in [1.807, 2.05) is 20.8 Å². The predicted octanol–water partition coefficient (Wildman–Crippen LogP) is 4.00. The topological polar surface area (TPSA) is 12.0 Å². The van der Waals surface area contributed by atoms with E-state index >= 15 is 0 Å². The summed E-state index contributed by atoms with van der Waals surface area (Å²) in [5.74, 6) is -1.44. The molecule has 0 aromatic heterocycles. The maximum Gasteiger partial charge on any atom is 0.143 e. The second kappa shape index (κ2) is 6.06. The summed E-state index contributed by atoms with van der Waals surface area (Å²) >= 11 is 2.96. The van der Waals surface area contributed by atoms with Crippen molar-refractivity contribution in [3.63, 3.8) is 0 Å². The molecule has 1 atom stereocenters. The predicted molar refractivity (Wildman–Crippen MR) is 70.4 cm³/mol. The summed E-state index contributed by atoms with van der Waals surface area (Å²) in [7, 11) is 0. The van der Waals surface area contributed by atoms with Crippen molar-refractivity contribution < 1.29 is 13.2 Å². The number of nitrogens with one attached hydrogen (secondary N) is 1. The average Bonchev–Trinajstić information content (AvgIpc) is 2.26. The molecule has 1 nitrogen and oxygen atoms in total. The molecule has 0 spiro atoms. The Bertz CT molecular complexity index is 415. The zero-order valence-corrected chi connectivity index (χ0v) is 12.2. The number of alkyl halides is 1. The van der Waals surface area contributed by atoms with Gasteiger partial charge in [0.1, 0.15) is 17.8 Å². The lowest BCUT2D eigenvalue weighted by molar-refractivity contribution is 0.280. The number of hydrogen-bond acceptors (Lipinski definition) is 1. The molecule has 0 saturated heterocycles. The van der Waals surface area contributed by atoms with E-state index in [1.165, 1.54) is 6.07 Å². The summed E-state index contributed by atoms with van der Waals surface area (Å²) in [5, 5.41) is 2.96. The SMILES string of the molecule is CC(C)(C)NCC(F)Cc1c(F)ccc(Br)c1F. The molecule has 5 heteroatoms. The number of hydrogen-bond donors (Lipinski definition) is 1. The lowest BCUT2D eigenvalue weighted by Gasteiger charge is -2.22. The number of benzene rings is 1. The molecule has 1 aromatic rings. The first-order valence-corrected chi connectivity index (χ1v) is 6.51. The van der Waals surface area contributed by atoms with Crippen LogP contribution in [0.15, 0.2) is 16.6 Å². The molecule has 1 rings (SSSR count). The van der Waals surface area contributed by atoms with Gasteiger partial charge in [-0.05, 0) is 48.8 Å². The monoisotopic (exact) mass is 323 g/mol. The summed E-state index contributed by atoms with van der Waals surface area (Å²) in [6, 6.07) is 2.40. The zero-order chi connectivity index (χ0) is 13.9. The zero-order valence-electron chi connectivity index (χ0n) is 10.7. The van der Waals surface area contributed by atoms with Crippen LogP contribution in [0.4, 0.5) is 13.2 Å². The molecule has 0 saturated carbocycles. The second-order valence-corrected chi connectivity index (χ2v) is 6.11. The highest BCUT2D eigenvalue weighted by Gasteiger charge is 2.19. The molecule has 0 aliphatic rings. The third-order valence-corrected chi connectivity index (χ3v) is 3.03. The molecule has 0 fully saturated rings. The second-order valence-electron chi connectivity index (χ2n) is 5.25. The van der Waals surface area contributed by atoms with Crippen molar-refractivity contribution in [1.29, 1.82) is 0 Å². The van der Waals surface area contributed by atoms with Gasteiger partial charge in [-0.15, -0.1) is 0 Å². The first-order valence-electron chi connectivity index (χ1n) is 5.72. The van der Waals surface area contributed by atoms with Crippen molar-refractivity contribution in [3.05, 3.63) is 33.8 Å². The largest absolute Gasteiger partial charge is 0.309 e. The fourth-order valence-corrected chi connectivity index (χ4v) is 1.84. The van der Waals surface area contributed by atoms with Crippen LogP contribution in [0.2, 0.25) is 0 Å². The summed E-state index contributed by atoms with van der Waals surface area (Å²) in [5.41, 5.74) is -0.439. The van der Waals surface area contributed by atoms with Gasteiger partial charge in [-0.25, -0.2) is 13.2 Å². The Morgan fingerprint density at radius 2 is 1.89 bits per heavy atom. The van der Waals surface area contributed by atoms with E-state index in [9.17, 15) is 13.2 Å². The fourth-order valence-electron chi connectivity index (χ4n) is 1.47. The Morgan fingerprint density at radius 3 is 2.44 bits per heavy atom. The van der Waals surface area contributed by atoms with E-state index in [0.717, 1.165) is 6.07 Å². The number of halogens is 4. The lowest BCUT2D eigenvalue weighted by atomic mass is 10.1. The van der Waals surface area contributed by atoms with E-state index in [-0.39, 0.29) is 28.5 Å². The van der Waals surface area contributed by atoms with Crippen molar-refractivity contribution in [3.8, 4) is 0 Å². The van der Waals surface area contributed by atoms with E-state index < -0.39 is 17.8 Å². The molecular formula is C13H17BrF3N. The summed E-state index contributed by atoms with van der Waals surface area (Å²) in [6.45, 7) is 5.77. The minimum Gasteiger partial charge on any atom is -0.309 e. The minimum atomic E-state index is -1.33. The summed E-state index contributed by atoms with van der Waals surface area (Å²) in [6.07, 6.45) is -1.61. The first-order chi connectivity index (χ1) is 8.20. The van der Waals surface area contributed by atoms with Gasteiger partial charge in [0, 0.05) is 24.1 Å². The average molecular weight is 324 g/mol. The molecule has 1 N–H and O–H groups in total. The Morgan fingerprint density at radius 1 is 1.28 bits per heavy atom. The van der Waals surface area contributed by atoms with Crippen LogP contribution in [0.25, 0.3) is 0 Å². The molecule has 102 valence electrons. The van der Waals surface area contributed by atoms with Gasteiger partial charge in [0.15, 0.2) is 0 Å². The van der Waals surface area contributed by atoms with Crippen LogP contribution in [-0.4, -0.2) is 18.3 Å². The quantitative estimate of drug-likeness (QED) is 0.826. The van der Waals surface area contributed by atoms with Crippen molar-refractivity contribution in [1.82, 2.24) is 5.32 Å². The van der Waals surface area contributed by atoms with Gasteiger partial charge in [0.2, 0.25) is 0 Å². The third-order valence-electron chi connectivity index (χ3n) is 2.42. The van der Waals surface area contributed by atoms with Crippen molar-refractivity contribution >= 4 is 15.9 Å². The standard InChI is InChI=1S/C13H17BrF3N/c1-13(2,3)18-7-8(15)6-9-11(16)5-4-10(14)12(9)17/h4-5,8,18H,6-7H2,1-3H3. The Hall–Kier alpha value is -0.550. The van der Waals surface area contributed by atoms with Crippen LogP contribution < -0.4 is 5.32 Å². The van der Waals surface area contributed by atoms with E-state index in [1.54, 1.807) is 0 Å². The molecule has 1 aromatic carbocycles. The van der Waals surface area contributed by atoms with Gasteiger partial charge in [-0.3, -0.25) is 0 Å². The molecule has 18 heavy (non-hydrogen) atoms. The van der Waals surface area contributed by atoms with Crippen LogP contribution in [0.1, 0.15) is 26.3 Å². The van der Waals surface area contributed by atoms with Gasteiger partial charge in [0.25, 0.3) is 0 Å². The van der Waals surface area contributed by atoms with Gasteiger partial charge >= 0.3 is 0 Å². The molecule has 0 heterocycles. The highest BCUT2D eigenvalue weighted by molar-refractivity contribution is 9.10. The van der Waals surface area contributed by atoms with Crippen LogP contribution >= 0.6 is 15.9 Å². The molecule has 0 bridgehead atoms. The van der Waals surface area contributed by atoms with E-state index in [2.05, 4.69) is 21.2 Å². The Balaban J connectivity index is 2.70. The maximum atomic E-state index is 13.7. The fraction of sp³-hybridized carbons (Fsp3) is 0.538. The van der Waals surface area contributed by atoms with Gasteiger partial charge in [0.05, 0.1) is 4.47 Å². The highest BCUT2D eigenvalue weighted by Crippen LogP contribution is 2.23. The van der Waals surface area contributed by atoms with E-state index in [0.29, 0.717) is 0 Å². The molecular weight excluding hydrogens is 307 g/mol. The molecule has 0 aliphatic carbocycles. The molecule has 0 radical (unpaired) electrons. The van der Waals surface area contributed by atoms with Crippen LogP contribution in [0, 0.1) is 11.6 Å². The van der Waals surface area contributed by atoms with Crippen LogP contribution in [0.3, 0.4) is 0 Å². The van der Waals surface area contributed by atoms with Crippen LogP contribution in [-0.2, 0) is 6.42 Å². The summed E-state index contributed by atoms with van der Waals surface area (Å²) in [4.78, 5) is 0. The molecule has 0 amide bonds. The lowest BCUT2D eigenvalue weighted by Crippen LogP contribution is -2.40. The van der Waals surface area contributed by atoms with Crippen molar-refractivity contribution in [2.24, 2.45) is 0 Å². The third kappa shape index (κ3) is 4.61. The first kappa shape index (κ1) is 15.5.